The van der Waals surface area contributed by atoms with E-state index in [2.05, 4.69) is 10.9 Å². The molecule has 1 heterocycles. The minimum Gasteiger partial charge on any atom is -0.379 e. The minimum absolute atomic E-state index is 0.0299. The fourth-order valence-corrected chi connectivity index (χ4v) is 4.30. The second-order valence-electron chi connectivity index (χ2n) is 7.14. The minimum atomic E-state index is -3.73. The predicted molar refractivity (Wildman–Crippen MR) is 111 cm³/mol. The zero-order chi connectivity index (χ0) is 20.7. The average Bonchev–Trinajstić information content (AvgIpc) is 2.97. The molecule has 0 amide bonds. The van der Waals surface area contributed by atoms with E-state index >= 15 is 0 Å². The van der Waals surface area contributed by atoms with E-state index in [1.165, 1.54) is 0 Å². The first-order chi connectivity index (χ1) is 13.1. The fraction of sp³-hybridized carbons (Fsp3) is 0.286. The number of aryl methyl sites for hydroxylation is 1. The van der Waals surface area contributed by atoms with Crippen LogP contribution in [-0.2, 0) is 15.6 Å². The summed E-state index contributed by atoms with van der Waals surface area (Å²) < 4.78 is 26.6. The van der Waals surface area contributed by atoms with Gasteiger partial charge < -0.3 is 10.8 Å². The number of anilines is 1. The molecule has 0 aliphatic rings. The van der Waals surface area contributed by atoms with Crippen LogP contribution in [0.3, 0.4) is 0 Å². The quantitative estimate of drug-likeness (QED) is 0.645. The molecule has 0 spiro atoms. The lowest BCUT2D eigenvalue weighted by atomic mass is 9.83. The van der Waals surface area contributed by atoms with Crippen LogP contribution < -0.4 is 5.73 Å². The second-order valence-corrected chi connectivity index (χ2v) is 9.48. The van der Waals surface area contributed by atoms with Gasteiger partial charge in [0, 0.05) is 6.42 Å². The number of nitrogen functional groups attached to an aromatic ring is 1. The number of hydrogen-bond acceptors (Lipinski definition) is 5. The number of aliphatic hydroxyl groups is 1. The number of rotatable bonds is 5. The van der Waals surface area contributed by atoms with E-state index < -0.39 is 20.9 Å². The van der Waals surface area contributed by atoms with Crippen LogP contribution in [0.15, 0.2) is 42.5 Å². The molecule has 1 atom stereocenters. The van der Waals surface area contributed by atoms with Crippen molar-refractivity contribution in [3.63, 3.8) is 0 Å². The van der Waals surface area contributed by atoms with Crippen molar-refractivity contribution in [1.29, 1.82) is 0 Å². The molecule has 7 heteroatoms. The third kappa shape index (κ3) is 3.15. The number of aromatic nitrogens is 2. The Hall–Kier alpha value is -2.82. The Morgan fingerprint density at radius 1 is 1.21 bits per heavy atom. The van der Waals surface area contributed by atoms with Crippen molar-refractivity contribution in [2.24, 2.45) is 0 Å². The van der Waals surface area contributed by atoms with Crippen molar-refractivity contribution in [2.45, 2.75) is 38.0 Å². The normalized spacial score (nSPS) is 14.1. The molecule has 0 aliphatic heterocycles. The summed E-state index contributed by atoms with van der Waals surface area (Å²) in [5.74, 6) is 2.41. The lowest BCUT2D eigenvalue weighted by Gasteiger charge is -2.28. The van der Waals surface area contributed by atoms with Crippen LogP contribution in [0.5, 0.6) is 0 Å². The summed E-state index contributed by atoms with van der Waals surface area (Å²) in [4.78, 5) is 4.15. The van der Waals surface area contributed by atoms with E-state index in [0.717, 1.165) is 9.54 Å². The molecular weight excluding hydrogens is 374 g/mol. The largest absolute Gasteiger partial charge is 0.379 e. The highest BCUT2D eigenvalue weighted by molar-refractivity contribution is 7.90. The first-order valence-corrected chi connectivity index (χ1v) is 10.4. The second kappa shape index (κ2) is 6.97. The number of nitrogens with two attached hydrogens (primary N) is 1. The first kappa shape index (κ1) is 19.9. The summed E-state index contributed by atoms with van der Waals surface area (Å²) in [6.07, 6.45) is 5.56. The van der Waals surface area contributed by atoms with Crippen LogP contribution in [0.25, 0.3) is 11.0 Å². The number of benzene rings is 2. The Balaban J connectivity index is 2.28. The van der Waals surface area contributed by atoms with Crippen LogP contribution in [0.2, 0.25) is 0 Å². The molecule has 0 bridgehead atoms. The topological polar surface area (TPSA) is 98.2 Å². The van der Waals surface area contributed by atoms with Crippen molar-refractivity contribution < 1.29 is 13.5 Å². The van der Waals surface area contributed by atoms with E-state index in [9.17, 15) is 13.5 Å². The Kier molecular flexibility index (Phi) is 4.96. The van der Waals surface area contributed by atoms with E-state index in [1.54, 1.807) is 32.0 Å². The molecule has 6 nitrogen and oxygen atoms in total. The maximum atomic E-state index is 12.8. The van der Waals surface area contributed by atoms with E-state index in [-0.39, 0.29) is 12.4 Å². The Labute approximate surface area is 165 Å². The molecule has 0 saturated carbocycles. The summed E-state index contributed by atoms with van der Waals surface area (Å²) in [6.45, 7) is 5.10. The van der Waals surface area contributed by atoms with Gasteiger partial charge in [-0.15, -0.1) is 12.3 Å². The maximum Gasteiger partial charge on any atom is 0.244 e. The number of nitrogens with zero attached hydrogens (tertiary/aromatic N) is 2. The fourth-order valence-electron chi connectivity index (χ4n) is 3.16. The number of terminal acetylenes is 1. The van der Waals surface area contributed by atoms with Gasteiger partial charge in [-0.1, -0.05) is 35.9 Å². The first-order valence-electron chi connectivity index (χ1n) is 8.87. The van der Waals surface area contributed by atoms with E-state index in [1.807, 2.05) is 31.2 Å². The summed E-state index contributed by atoms with van der Waals surface area (Å²) in [6, 6.07) is 12.3. The molecule has 28 heavy (non-hydrogen) atoms. The third-order valence-corrected chi connectivity index (χ3v) is 6.94. The van der Waals surface area contributed by atoms with Crippen LogP contribution in [0.4, 0.5) is 5.95 Å². The van der Waals surface area contributed by atoms with Gasteiger partial charge >= 0.3 is 0 Å². The Morgan fingerprint density at radius 2 is 1.82 bits per heavy atom. The van der Waals surface area contributed by atoms with Crippen LogP contribution in [-0.4, -0.2) is 27.7 Å². The molecule has 1 unspecified atom stereocenters. The van der Waals surface area contributed by atoms with Gasteiger partial charge in [0.15, 0.2) is 0 Å². The third-order valence-electron chi connectivity index (χ3n) is 4.85. The monoisotopic (exact) mass is 397 g/mol. The zero-order valence-corrected chi connectivity index (χ0v) is 16.9. The van der Waals surface area contributed by atoms with E-state index in [0.29, 0.717) is 22.2 Å². The van der Waals surface area contributed by atoms with Crippen LogP contribution in [0.1, 0.15) is 37.0 Å². The molecule has 3 rings (SSSR count). The molecule has 0 saturated heterocycles. The molecule has 0 aliphatic carbocycles. The smallest absolute Gasteiger partial charge is 0.244 e. The maximum absolute atomic E-state index is 12.8. The van der Waals surface area contributed by atoms with Crippen LogP contribution in [0, 0.1) is 19.3 Å². The van der Waals surface area contributed by atoms with Crippen molar-refractivity contribution in [2.75, 3.05) is 5.73 Å². The highest BCUT2D eigenvalue weighted by Crippen LogP contribution is 2.35. The molecule has 3 N–H and O–H groups in total. The molecule has 146 valence electrons. The molecule has 2 aromatic carbocycles. The van der Waals surface area contributed by atoms with Gasteiger partial charge in [0.1, 0.15) is 5.60 Å². The highest BCUT2D eigenvalue weighted by Gasteiger charge is 2.32. The van der Waals surface area contributed by atoms with Gasteiger partial charge in [-0.25, -0.2) is 17.4 Å². The summed E-state index contributed by atoms with van der Waals surface area (Å²) in [7, 11) is -3.73. The van der Waals surface area contributed by atoms with Gasteiger partial charge in [-0.3, -0.25) is 0 Å². The zero-order valence-electron chi connectivity index (χ0n) is 16.0. The highest BCUT2D eigenvalue weighted by atomic mass is 32.2. The number of imidazole rings is 1. The van der Waals surface area contributed by atoms with Gasteiger partial charge in [-0.2, -0.15) is 0 Å². The summed E-state index contributed by atoms with van der Waals surface area (Å²) >= 11 is 0. The lowest BCUT2D eigenvalue weighted by Crippen LogP contribution is -2.27. The van der Waals surface area contributed by atoms with Crippen molar-refractivity contribution in [1.82, 2.24) is 8.96 Å². The standard InChI is InChI=1S/C21H23N3O3S/c1-5-12-21(25,16-8-6-15(4)7-9-16)17-10-11-18-19(13-17)24(20(22)23-18)28(26,27)14(2)3/h1,6-11,13-14,25H,12H2,2-4H3,(H2,22,23). The molecular formula is C21H23N3O3S. The van der Waals surface area contributed by atoms with Crippen molar-refractivity contribution >= 4 is 27.0 Å². The predicted octanol–water partition coefficient (Wildman–Crippen LogP) is 2.77. The van der Waals surface area contributed by atoms with E-state index in [4.69, 9.17) is 12.2 Å². The Bertz CT molecular complexity index is 1170. The van der Waals surface area contributed by atoms with Gasteiger partial charge in [0.2, 0.25) is 16.0 Å². The van der Waals surface area contributed by atoms with Crippen molar-refractivity contribution in [3.05, 3.63) is 59.2 Å². The lowest BCUT2D eigenvalue weighted by molar-refractivity contribution is 0.0866. The average molecular weight is 398 g/mol. The SMILES string of the molecule is C#CCC(O)(c1ccc(C)cc1)c1ccc2nc(N)n(S(=O)(=O)C(C)C)c2c1. The number of hydrogen-bond donors (Lipinski definition) is 2. The van der Waals surface area contributed by atoms with Gasteiger partial charge in [0.05, 0.1) is 16.3 Å². The summed E-state index contributed by atoms with van der Waals surface area (Å²) in [5, 5.41) is 10.8. The van der Waals surface area contributed by atoms with Crippen LogP contribution >= 0.6 is 0 Å². The summed E-state index contributed by atoms with van der Waals surface area (Å²) in [5.41, 5.74) is 7.32. The van der Waals surface area contributed by atoms with Crippen molar-refractivity contribution in [3.8, 4) is 12.3 Å². The van der Waals surface area contributed by atoms with Gasteiger partial charge in [0.25, 0.3) is 0 Å². The molecule has 0 radical (unpaired) electrons. The molecule has 3 aromatic rings. The molecule has 0 fully saturated rings. The van der Waals surface area contributed by atoms with Gasteiger partial charge in [-0.05, 0) is 44.0 Å². The number of fused-ring (bicyclic) bond motifs is 1. The Morgan fingerprint density at radius 3 is 2.39 bits per heavy atom. The molecule has 1 aromatic heterocycles.